The van der Waals surface area contributed by atoms with Crippen molar-refractivity contribution in [3.05, 3.63) is 67.8 Å². The van der Waals surface area contributed by atoms with Crippen LogP contribution >= 0.6 is 0 Å². The molecular weight excluding hydrogens is 530 g/mol. The Morgan fingerprint density at radius 3 is 2.48 bits per heavy atom. The maximum absolute atomic E-state index is 14.8. The van der Waals surface area contributed by atoms with Crippen molar-refractivity contribution >= 4 is 34.2 Å². The first-order valence-electron chi connectivity index (χ1n) is 15.2. The van der Waals surface area contributed by atoms with E-state index in [0.717, 1.165) is 17.2 Å². The molecule has 42 heavy (non-hydrogen) atoms. The number of anilines is 1. The van der Waals surface area contributed by atoms with Gasteiger partial charge in [0.2, 0.25) is 11.8 Å². The van der Waals surface area contributed by atoms with E-state index in [1.165, 1.54) is 0 Å². The summed E-state index contributed by atoms with van der Waals surface area (Å²) in [5.74, 6) is -2.04. The summed E-state index contributed by atoms with van der Waals surface area (Å²) in [6.07, 6.45) is 6.19. The average molecular weight is 574 g/mol. The summed E-state index contributed by atoms with van der Waals surface area (Å²) in [7, 11) is 0. The van der Waals surface area contributed by atoms with Gasteiger partial charge in [0.25, 0.3) is 5.91 Å². The number of fused-ring (bicyclic) bond motifs is 2. The fourth-order valence-electron chi connectivity index (χ4n) is 7.71. The summed E-state index contributed by atoms with van der Waals surface area (Å²) in [4.78, 5) is 48.4. The number of carbonyl (C=O) groups is 3. The second-order valence-electron chi connectivity index (χ2n) is 11.8. The summed E-state index contributed by atoms with van der Waals surface area (Å²) in [6, 6.07) is 12.9. The lowest BCUT2D eigenvalue weighted by molar-refractivity contribution is -0.151. The fourth-order valence-corrected chi connectivity index (χ4v) is 7.71. The quantitative estimate of drug-likeness (QED) is 0.361. The van der Waals surface area contributed by atoms with Crippen LogP contribution in [0.4, 0.5) is 5.69 Å². The Balaban J connectivity index is 1.60. The van der Waals surface area contributed by atoms with Gasteiger partial charge in [-0.1, -0.05) is 56.3 Å². The van der Waals surface area contributed by atoms with Gasteiger partial charge in [0.15, 0.2) is 0 Å². The van der Waals surface area contributed by atoms with Crippen LogP contribution in [-0.2, 0) is 19.1 Å². The molecule has 3 aliphatic heterocycles. The number of nitrogens with zero attached hydrogens (tertiary/aromatic N) is 3. The highest BCUT2D eigenvalue weighted by molar-refractivity contribution is 6.06. The molecule has 2 unspecified atom stereocenters. The van der Waals surface area contributed by atoms with Crippen LogP contribution in [0.1, 0.15) is 46.0 Å². The molecule has 2 aromatic carbocycles. The molecule has 0 aromatic heterocycles. The van der Waals surface area contributed by atoms with Crippen LogP contribution < -0.4 is 4.90 Å². The van der Waals surface area contributed by atoms with E-state index >= 15 is 0 Å². The van der Waals surface area contributed by atoms with Gasteiger partial charge in [-0.05, 0) is 55.0 Å². The molecule has 3 amide bonds. The highest BCUT2D eigenvalue weighted by Crippen LogP contribution is 2.64. The number of carbonyl (C=O) groups excluding carboxylic acids is 3. The first-order chi connectivity index (χ1) is 20.3. The SMILES string of the molecule is C=CCN(CCC)C(=O)[C@@H]1[C@H]2C(=O)N(CCCO)C(C(=O)N(CC=C)c3ccc4ccccc4c3)C23CC[C@@]1(CC)O3. The Morgan fingerprint density at radius 1 is 1.07 bits per heavy atom. The van der Waals surface area contributed by atoms with Crippen LogP contribution in [0.5, 0.6) is 0 Å². The van der Waals surface area contributed by atoms with Crippen molar-refractivity contribution in [2.75, 3.05) is 37.7 Å². The zero-order chi connectivity index (χ0) is 30.1. The van der Waals surface area contributed by atoms with Crippen molar-refractivity contribution in [3.8, 4) is 0 Å². The molecule has 3 aliphatic rings. The molecule has 1 spiro atoms. The predicted octanol–water partition coefficient (Wildman–Crippen LogP) is 4.32. The Kier molecular flexibility index (Phi) is 8.58. The zero-order valence-electron chi connectivity index (χ0n) is 24.8. The van der Waals surface area contributed by atoms with Crippen molar-refractivity contribution in [3.63, 3.8) is 0 Å². The van der Waals surface area contributed by atoms with Crippen molar-refractivity contribution in [2.45, 2.75) is 63.2 Å². The molecule has 0 saturated carbocycles. The lowest BCUT2D eigenvalue weighted by atomic mass is 9.64. The monoisotopic (exact) mass is 573 g/mol. The molecule has 224 valence electrons. The number of ether oxygens (including phenoxy) is 1. The molecule has 2 bridgehead atoms. The maximum atomic E-state index is 14.8. The third-order valence-corrected chi connectivity index (χ3v) is 9.52. The van der Waals surface area contributed by atoms with Gasteiger partial charge in [-0.2, -0.15) is 0 Å². The Morgan fingerprint density at radius 2 is 1.81 bits per heavy atom. The molecule has 8 nitrogen and oxygen atoms in total. The fraction of sp³-hybridized carbons (Fsp3) is 0.500. The Labute approximate surface area is 248 Å². The van der Waals surface area contributed by atoms with E-state index in [2.05, 4.69) is 13.2 Å². The maximum Gasteiger partial charge on any atom is 0.253 e. The molecule has 3 saturated heterocycles. The minimum Gasteiger partial charge on any atom is -0.396 e. The minimum absolute atomic E-state index is 0.105. The van der Waals surface area contributed by atoms with E-state index in [9.17, 15) is 19.5 Å². The molecule has 3 fully saturated rings. The lowest BCUT2D eigenvalue weighted by Crippen LogP contribution is -2.56. The normalized spacial score (nSPS) is 27.7. The van der Waals surface area contributed by atoms with Gasteiger partial charge in [0.1, 0.15) is 11.6 Å². The van der Waals surface area contributed by atoms with E-state index in [-0.39, 0.29) is 37.4 Å². The second-order valence-corrected chi connectivity index (χ2v) is 11.8. The van der Waals surface area contributed by atoms with E-state index < -0.39 is 29.1 Å². The molecule has 2 aromatic rings. The van der Waals surface area contributed by atoms with Crippen molar-refractivity contribution < 1.29 is 24.2 Å². The van der Waals surface area contributed by atoms with E-state index in [1.807, 2.05) is 56.3 Å². The Hall–Kier alpha value is -3.49. The van der Waals surface area contributed by atoms with Crippen LogP contribution in [0.15, 0.2) is 67.8 Å². The number of likely N-dealkylation sites (tertiary alicyclic amines) is 1. The number of benzene rings is 2. The molecule has 0 radical (unpaired) electrons. The topological polar surface area (TPSA) is 90.4 Å². The van der Waals surface area contributed by atoms with Crippen LogP contribution in [-0.4, -0.2) is 82.7 Å². The highest BCUT2D eigenvalue weighted by atomic mass is 16.5. The molecule has 1 N–H and O–H groups in total. The van der Waals surface area contributed by atoms with Gasteiger partial charge in [-0.3, -0.25) is 14.4 Å². The molecular formula is C34H43N3O5. The summed E-state index contributed by atoms with van der Waals surface area (Å²) < 4.78 is 6.94. The Bertz CT molecular complexity index is 1380. The average Bonchev–Trinajstić information content (AvgIpc) is 3.61. The number of hydrogen-bond acceptors (Lipinski definition) is 5. The summed E-state index contributed by atoms with van der Waals surface area (Å²) in [6.45, 7) is 13.1. The second kappa shape index (κ2) is 12.0. The van der Waals surface area contributed by atoms with E-state index in [0.29, 0.717) is 44.5 Å². The van der Waals surface area contributed by atoms with E-state index in [4.69, 9.17) is 4.74 Å². The van der Waals surface area contributed by atoms with Crippen molar-refractivity contribution in [1.29, 1.82) is 0 Å². The minimum atomic E-state index is -1.12. The molecule has 5 atom stereocenters. The molecule has 8 heteroatoms. The zero-order valence-corrected chi connectivity index (χ0v) is 24.8. The first-order valence-corrected chi connectivity index (χ1v) is 15.2. The van der Waals surface area contributed by atoms with Gasteiger partial charge in [0.05, 0.1) is 17.4 Å². The van der Waals surface area contributed by atoms with E-state index in [1.54, 1.807) is 26.9 Å². The number of hydrogen-bond donors (Lipinski definition) is 1. The van der Waals surface area contributed by atoms with Gasteiger partial charge in [-0.25, -0.2) is 0 Å². The van der Waals surface area contributed by atoms with Crippen molar-refractivity contribution in [1.82, 2.24) is 9.80 Å². The van der Waals surface area contributed by atoms with Crippen LogP contribution in [0, 0.1) is 11.8 Å². The largest absolute Gasteiger partial charge is 0.396 e. The summed E-state index contributed by atoms with van der Waals surface area (Å²) in [5, 5.41) is 11.8. The van der Waals surface area contributed by atoms with Gasteiger partial charge < -0.3 is 24.5 Å². The molecule has 3 heterocycles. The smallest absolute Gasteiger partial charge is 0.253 e. The van der Waals surface area contributed by atoms with Crippen LogP contribution in [0.2, 0.25) is 0 Å². The van der Waals surface area contributed by atoms with Crippen molar-refractivity contribution in [2.24, 2.45) is 11.8 Å². The summed E-state index contributed by atoms with van der Waals surface area (Å²) >= 11 is 0. The predicted molar refractivity (Wildman–Crippen MR) is 164 cm³/mol. The number of aliphatic hydroxyl groups is 1. The molecule has 0 aliphatic carbocycles. The standard InChI is InChI=1S/C34H43N3O5/c1-5-18-35(19-6-2)30(39)27-28-31(40)37(21-11-22-38)29(34(28)17-16-33(27,8-4)42-34)32(41)36(20-7-3)26-15-14-24-12-9-10-13-25(24)23-26/h5,7,9-10,12-15,23,27-29,38H,1,3,6,8,11,16-22H2,2,4H3/t27-,28-,29?,33+,34?/m0/s1. The first kappa shape index (κ1) is 30.0. The number of aliphatic hydroxyl groups excluding tert-OH is 1. The molecule has 5 rings (SSSR count). The highest BCUT2D eigenvalue weighted by Gasteiger charge is 2.79. The van der Waals surface area contributed by atoms with Gasteiger partial charge in [-0.15, -0.1) is 13.2 Å². The van der Waals surface area contributed by atoms with Crippen LogP contribution in [0.25, 0.3) is 10.8 Å². The van der Waals surface area contributed by atoms with Gasteiger partial charge in [0, 0.05) is 38.5 Å². The third kappa shape index (κ3) is 4.65. The van der Waals surface area contributed by atoms with Gasteiger partial charge >= 0.3 is 0 Å². The lowest BCUT2D eigenvalue weighted by Gasteiger charge is -2.37. The number of rotatable bonds is 13. The third-order valence-electron chi connectivity index (χ3n) is 9.52. The van der Waals surface area contributed by atoms with Crippen LogP contribution in [0.3, 0.4) is 0 Å². The summed E-state index contributed by atoms with van der Waals surface area (Å²) in [5.41, 5.74) is -1.22. The number of amides is 3.